The smallest absolute Gasteiger partial charge is 0.307 e. The molecule has 1 aliphatic carbocycles. The third-order valence-corrected chi connectivity index (χ3v) is 5.06. The molecular weight excluding hydrogens is 262 g/mol. The molecule has 1 unspecified atom stereocenters. The van der Waals surface area contributed by atoms with Crippen LogP contribution in [-0.2, 0) is 22.0 Å². The van der Waals surface area contributed by atoms with Crippen LogP contribution in [0.4, 0.5) is 0 Å². The molecular formula is C14H15NO3S. The van der Waals surface area contributed by atoms with Crippen LogP contribution < -0.4 is 0 Å². The fraction of sp³-hybridized carbons (Fsp3) is 0.429. The summed E-state index contributed by atoms with van der Waals surface area (Å²) in [5.74, 6) is -0.349. The van der Waals surface area contributed by atoms with Gasteiger partial charge in [-0.3, -0.25) is 9.00 Å². The highest BCUT2D eigenvalue weighted by atomic mass is 32.2. The van der Waals surface area contributed by atoms with Crippen molar-refractivity contribution in [3.05, 3.63) is 29.8 Å². The summed E-state index contributed by atoms with van der Waals surface area (Å²) in [6.45, 7) is 0. The van der Waals surface area contributed by atoms with Gasteiger partial charge < -0.3 is 5.11 Å². The van der Waals surface area contributed by atoms with Gasteiger partial charge >= 0.3 is 5.97 Å². The van der Waals surface area contributed by atoms with Crippen LogP contribution in [0.3, 0.4) is 0 Å². The quantitative estimate of drug-likeness (QED) is 0.863. The Morgan fingerprint density at radius 2 is 2.00 bits per heavy atom. The summed E-state index contributed by atoms with van der Waals surface area (Å²) in [5.41, 5.74) is 0.658. The molecule has 1 saturated carbocycles. The Balaban J connectivity index is 2.00. The molecule has 0 bridgehead atoms. The predicted molar refractivity (Wildman–Crippen MR) is 71.0 cm³/mol. The van der Waals surface area contributed by atoms with Gasteiger partial charge in [0.2, 0.25) is 0 Å². The molecule has 100 valence electrons. The maximum Gasteiger partial charge on any atom is 0.307 e. The van der Waals surface area contributed by atoms with Crippen LogP contribution in [-0.4, -0.2) is 21.0 Å². The van der Waals surface area contributed by atoms with Gasteiger partial charge in [-0.25, -0.2) is 0 Å². The number of nitriles is 1. The number of carboxylic acids is 1. The van der Waals surface area contributed by atoms with Gasteiger partial charge in [0.05, 0.1) is 23.3 Å². The molecule has 5 heteroatoms. The minimum absolute atomic E-state index is 0.0225. The van der Waals surface area contributed by atoms with Crippen LogP contribution in [0.2, 0.25) is 0 Å². The fourth-order valence-electron chi connectivity index (χ4n) is 2.01. The molecule has 0 aromatic heterocycles. The lowest BCUT2D eigenvalue weighted by Gasteiger charge is -2.10. The monoisotopic (exact) mass is 277 g/mol. The highest BCUT2D eigenvalue weighted by Crippen LogP contribution is 2.49. The first-order chi connectivity index (χ1) is 9.04. The molecule has 0 aliphatic heterocycles. The second kappa shape index (κ2) is 5.54. The van der Waals surface area contributed by atoms with Crippen molar-refractivity contribution in [3.8, 4) is 6.07 Å². The van der Waals surface area contributed by atoms with E-state index in [9.17, 15) is 9.00 Å². The molecule has 1 aliphatic rings. The second-order valence-electron chi connectivity index (χ2n) is 5.04. The molecule has 1 atom stereocenters. The van der Waals surface area contributed by atoms with Gasteiger partial charge in [-0.15, -0.1) is 0 Å². The molecule has 1 fully saturated rings. The van der Waals surface area contributed by atoms with Crippen LogP contribution in [0.1, 0.15) is 24.8 Å². The Labute approximate surface area is 114 Å². The molecule has 0 saturated heterocycles. The summed E-state index contributed by atoms with van der Waals surface area (Å²) in [6, 6.07) is 9.00. The molecule has 1 N–H and O–H groups in total. The molecule has 4 nitrogen and oxygen atoms in total. The topological polar surface area (TPSA) is 78.2 Å². The molecule has 1 aromatic carbocycles. The number of nitrogens with zero attached hydrogens (tertiary/aromatic N) is 1. The van der Waals surface area contributed by atoms with E-state index in [2.05, 4.69) is 6.07 Å². The Bertz CT molecular complexity index is 541. The van der Waals surface area contributed by atoms with E-state index in [0.29, 0.717) is 22.6 Å². The zero-order valence-corrected chi connectivity index (χ0v) is 11.3. The van der Waals surface area contributed by atoms with E-state index < -0.39 is 16.8 Å². The first-order valence-corrected chi connectivity index (χ1v) is 7.43. The van der Waals surface area contributed by atoms with Gasteiger partial charge in [-0.1, -0.05) is 12.1 Å². The van der Waals surface area contributed by atoms with Crippen LogP contribution >= 0.6 is 0 Å². The summed E-state index contributed by atoms with van der Waals surface area (Å²) in [4.78, 5) is 11.3. The van der Waals surface area contributed by atoms with E-state index in [0.717, 1.165) is 12.8 Å². The minimum atomic E-state index is -1.11. The van der Waals surface area contributed by atoms with Crippen molar-refractivity contribution in [1.82, 2.24) is 0 Å². The Kier molecular flexibility index (Phi) is 4.01. The summed E-state index contributed by atoms with van der Waals surface area (Å²) in [7, 11) is -1.11. The summed E-state index contributed by atoms with van der Waals surface area (Å²) in [6.07, 6.45) is 2.40. The maximum absolute atomic E-state index is 12.2. The third-order valence-electron chi connectivity index (χ3n) is 3.39. The van der Waals surface area contributed by atoms with Crippen molar-refractivity contribution < 1.29 is 14.1 Å². The van der Waals surface area contributed by atoms with E-state index in [4.69, 9.17) is 10.4 Å². The zero-order valence-electron chi connectivity index (χ0n) is 10.5. The van der Waals surface area contributed by atoms with E-state index in [1.165, 1.54) is 0 Å². The largest absolute Gasteiger partial charge is 0.481 e. The third kappa shape index (κ3) is 3.65. The van der Waals surface area contributed by atoms with E-state index in [1.54, 1.807) is 24.3 Å². The average molecular weight is 277 g/mol. The van der Waals surface area contributed by atoms with Gasteiger partial charge in [0.25, 0.3) is 0 Å². The van der Waals surface area contributed by atoms with Crippen molar-refractivity contribution in [2.24, 2.45) is 5.41 Å². The first-order valence-electron chi connectivity index (χ1n) is 6.11. The average Bonchev–Trinajstić information content (AvgIpc) is 3.09. The van der Waals surface area contributed by atoms with Crippen LogP contribution in [0, 0.1) is 16.7 Å². The Morgan fingerprint density at radius 3 is 2.47 bits per heavy atom. The number of rotatable bonds is 6. The molecule has 0 amide bonds. The maximum atomic E-state index is 12.2. The number of hydrogen-bond donors (Lipinski definition) is 1. The number of aliphatic carboxylic acids is 1. The Morgan fingerprint density at radius 1 is 1.37 bits per heavy atom. The Hall–Kier alpha value is -1.67. The van der Waals surface area contributed by atoms with E-state index in [1.807, 2.05) is 0 Å². The van der Waals surface area contributed by atoms with Gasteiger partial charge in [0.1, 0.15) is 0 Å². The van der Waals surface area contributed by atoms with Crippen LogP contribution in [0.25, 0.3) is 0 Å². The standard InChI is InChI=1S/C14H15NO3S/c15-8-7-14(5-6-14)10-19(18)12-3-1-11(2-4-12)9-13(16)17/h1-4H,5-7,9-10H2,(H,16,17). The SMILES string of the molecule is N#CCC1(CS(=O)c2ccc(CC(=O)O)cc2)CC1. The van der Waals surface area contributed by atoms with Gasteiger partial charge in [0, 0.05) is 17.1 Å². The normalized spacial score (nSPS) is 17.4. The molecule has 0 heterocycles. The van der Waals surface area contributed by atoms with E-state index >= 15 is 0 Å². The molecule has 0 spiro atoms. The molecule has 2 rings (SSSR count). The molecule has 1 aromatic rings. The molecule has 0 radical (unpaired) electrons. The van der Waals surface area contributed by atoms with Crippen molar-refractivity contribution in [1.29, 1.82) is 5.26 Å². The predicted octanol–water partition coefficient (Wildman–Crippen LogP) is 2.12. The van der Waals surface area contributed by atoms with Gasteiger partial charge in [-0.05, 0) is 36.0 Å². The summed E-state index contributed by atoms with van der Waals surface area (Å²) in [5, 5.41) is 17.4. The van der Waals surface area contributed by atoms with E-state index in [-0.39, 0.29) is 11.8 Å². The minimum Gasteiger partial charge on any atom is -0.481 e. The fourth-order valence-corrected chi connectivity index (χ4v) is 3.56. The molecule has 19 heavy (non-hydrogen) atoms. The van der Waals surface area contributed by atoms with Crippen molar-refractivity contribution in [3.63, 3.8) is 0 Å². The number of hydrogen-bond acceptors (Lipinski definition) is 3. The number of carboxylic acid groups (broad SMARTS) is 1. The lowest BCUT2D eigenvalue weighted by Crippen LogP contribution is -2.12. The van der Waals surface area contributed by atoms with Crippen LogP contribution in [0.15, 0.2) is 29.2 Å². The summed E-state index contributed by atoms with van der Waals surface area (Å²) >= 11 is 0. The van der Waals surface area contributed by atoms with Crippen molar-refractivity contribution in [2.75, 3.05) is 5.75 Å². The number of benzene rings is 1. The van der Waals surface area contributed by atoms with Crippen molar-refractivity contribution in [2.45, 2.75) is 30.6 Å². The lowest BCUT2D eigenvalue weighted by molar-refractivity contribution is -0.136. The van der Waals surface area contributed by atoms with Crippen molar-refractivity contribution >= 4 is 16.8 Å². The number of carbonyl (C=O) groups is 1. The van der Waals surface area contributed by atoms with Gasteiger partial charge in [-0.2, -0.15) is 5.26 Å². The van der Waals surface area contributed by atoms with Gasteiger partial charge in [0.15, 0.2) is 0 Å². The highest BCUT2D eigenvalue weighted by molar-refractivity contribution is 7.85. The zero-order chi connectivity index (χ0) is 13.9. The summed E-state index contributed by atoms with van der Waals surface area (Å²) < 4.78 is 12.2. The lowest BCUT2D eigenvalue weighted by atomic mass is 10.1. The highest BCUT2D eigenvalue weighted by Gasteiger charge is 2.43. The first kappa shape index (κ1) is 13.8. The van der Waals surface area contributed by atoms with Crippen LogP contribution in [0.5, 0.6) is 0 Å². The second-order valence-corrected chi connectivity index (χ2v) is 6.49.